The molecule has 5 aliphatic rings. The molecule has 0 unspecified atom stereocenters. The van der Waals surface area contributed by atoms with Crippen LogP contribution in [0.2, 0.25) is 0 Å². The maximum Gasteiger partial charge on any atom is 0.0719 e. The molecule has 3 saturated carbocycles. The van der Waals surface area contributed by atoms with Crippen molar-refractivity contribution in [3.63, 3.8) is 0 Å². The Labute approximate surface area is 152 Å². The van der Waals surface area contributed by atoms with Gasteiger partial charge in [-0.05, 0) is 55.3 Å². The number of aliphatic hydroxyl groups excluding tert-OH is 1. The Hall–Kier alpha value is -0.380. The Balaban J connectivity index is 1.56. The highest BCUT2D eigenvalue weighted by atomic mass is 16.5. The molecule has 0 aromatic heterocycles. The summed E-state index contributed by atoms with van der Waals surface area (Å²) in [6.07, 6.45) is 10.0. The van der Waals surface area contributed by atoms with Gasteiger partial charge in [-0.3, -0.25) is 0 Å². The first-order valence-corrected chi connectivity index (χ1v) is 10.4. The van der Waals surface area contributed by atoms with E-state index >= 15 is 0 Å². The van der Waals surface area contributed by atoms with Gasteiger partial charge in [-0.15, -0.1) is 0 Å². The standard InChI is InChI=1S/C22H34O3/c1-20(2)16-7-5-13-14-6-8-17(23)21(14,3)10-9-15(13)22(16)12-25-19(22)11-18(20)24-4/h7,13-15,17-19,23H,5-6,8-12H2,1-4H3/t13-,14-,15-,17+,18+,19+,21+,22-/m1/s1. The van der Waals surface area contributed by atoms with Crippen LogP contribution in [0, 0.1) is 34.0 Å². The van der Waals surface area contributed by atoms with E-state index in [-0.39, 0.29) is 28.5 Å². The molecule has 1 saturated heterocycles. The van der Waals surface area contributed by atoms with Crippen molar-refractivity contribution < 1.29 is 14.6 Å². The van der Waals surface area contributed by atoms with E-state index in [1.54, 1.807) is 5.57 Å². The molecule has 0 aromatic rings. The van der Waals surface area contributed by atoms with Gasteiger partial charge < -0.3 is 14.6 Å². The lowest BCUT2D eigenvalue weighted by atomic mass is 9.42. The first kappa shape index (κ1) is 16.8. The van der Waals surface area contributed by atoms with Crippen LogP contribution in [0.1, 0.15) is 59.3 Å². The number of rotatable bonds is 1. The number of methoxy groups -OCH3 is 1. The Kier molecular flexibility index (Phi) is 3.43. The van der Waals surface area contributed by atoms with Gasteiger partial charge in [-0.25, -0.2) is 0 Å². The second kappa shape index (κ2) is 5.11. The zero-order chi connectivity index (χ0) is 17.6. The highest BCUT2D eigenvalue weighted by Gasteiger charge is 2.68. The molecular formula is C22H34O3. The third-order valence-corrected chi connectivity index (χ3v) is 9.45. The third kappa shape index (κ3) is 1.83. The Morgan fingerprint density at radius 3 is 2.64 bits per heavy atom. The first-order chi connectivity index (χ1) is 11.9. The molecular weight excluding hydrogens is 312 g/mol. The monoisotopic (exact) mass is 346 g/mol. The molecule has 0 aromatic carbocycles. The number of hydrogen-bond acceptors (Lipinski definition) is 3. The summed E-state index contributed by atoms with van der Waals surface area (Å²) in [6.45, 7) is 8.05. The second-order valence-corrected chi connectivity index (χ2v) is 10.4. The minimum absolute atomic E-state index is 0.0876. The molecule has 0 amide bonds. The predicted molar refractivity (Wildman–Crippen MR) is 97.1 cm³/mol. The van der Waals surface area contributed by atoms with Gasteiger partial charge in [0.05, 0.1) is 24.9 Å². The molecule has 1 N–H and O–H groups in total. The van der Waals surface area contributed by atoms with Gasteiger partial charge in [0.15, 0.2) is 0 Å². The van der Waals surface area contributed by atoms with E-state index in [9.17, 15) is 5.11 Å². The number of ether oxygens (including phenoxy) is 2. The Morgan fingerprint density at radius 1 is 1.16 bits per heavy atom. The highest BCUT2D eigenvalue weighted by Crippen LogP contribution is 2.70. The molecule has 3 nitrogen and oxygen atoms in total. The van der Waals surface area contributed by atoms with E-state index in [1.165, 1.54) is 25.7 Å². The van der Waals surface area contributed by atoms with Crippen LogP contribution in [0.25, 0.3) is 0 Å². The summed E-state index contributed by atoms with van der Waals surface area (Å²) in [7, 11) is 1.86. The zero-order valence-electron chi connectivity index (χ0n) is 16.3. The molecule has 4 fully saturated rings. The van der Waals surface area contributed by atoms with Crippen LogP contribution >= 0.6 is 0 Å². The topological polar surface area (TPSA) is 38.7 Å². The van der Waals surface area contributed by atoms with Gasteiger partial charge in [0.2, 0.25) is 0 Å². The minimum Gasteiger partial charge on any atom is -0.393 e. The van der Waals surface area contributed by atoms with Crippen LogP contribution in [-0.2, 0) is 9.47 Å². The predicted octanol–water partition coefficient (Wildman–Crippen LogP) is 3.95. The molecule has 0 bridgehead atoms. The molecule has 4 aliphatic carbocycles. The molecule has 0 radical (unpaired) electrons. The summed E-state index contributed by atoms with van der Waals surface area (Å²) >= 11 is 0. The van der Waals surface area contributed by atoms with Crippen LogP contribution in [0.3, 0.4) is 0 Å². The lowest BCUT2D eigenvalue weighted by Crippen LogP contribution is -2.69. The summed E-state index contributed by atoms with van der Waals surface area (Å²) in [5.41, 5.74) is 2.16. The number of fused-ring (bicyclic) bond motifs is 3. The van der Waals surface area contributed by atoms with Crippen molar-refractivity contribution >= 4 is 0 Å². The summed E-state index contributed by atoms with van der Waals surface area (Å²) in [5, 5.41) is 10.6. The summed E-state index contributed by atoms with van der Waals surface area (Å²) in [4.78, 5) is 0. The van der Waals surface area contributed by atoms with Gasteiger partial charge in [0.1, 0.15) is 0 Å². The lowest BCUT2D eigenvalue weighted by Gasteiger charge is -2.68. The normalized spacial score (nSPS) is 56.0. The molecule has 140 valence electrons. The maximum absolute atomic E-state index is 10.6. The fourth-order valence-electron chi connectivity index (χ4n) is 8.04. The molecule has 25 heavy (non-hydrogen) atoms. The van der Waals surface area contributed by atoms with Crippen molar-refractivity contribution in [2.24, 2.45) is 34.0 Å². The van der Waals surface area contributed by atoms with Gasteiger partial charge in [0, 0.05) is 24.4 Å². The average Bonchev–Trinajstić information content (AvgIpc) is 2.87. The van der Waals surface area contributed by atoms with Crippen LogP contribution in [0.5, 0.6) is 0 Å². The highest BCUT2D eigenvalue weighted by molar-refractivity contribution is 5.36. The van der Waals surface area contributed by atoms with Crippen LogP contribution in [0.4, 0.5) is 0 Å². The van der Waals surface area contributed by atoms with Crippen LogP contribution in [0.15, 0.2) is 11.6 Å². The van der Waals surface area contributed by atoms with Crippen molar-refractivity contribution in [2.45, 2.75) is 77.6 Å². The molecule has 1 heterocycles. The third-order valence-electron chi connectivity index (χ3n) is 9.45. The van der Waals surface area contributed by atoms with Crippen molar-refractivity contribution in [2.75, 3.05) is 13.7 Å². The van der Waals surface area contributed by atoms with E-state index in [0.717, 1.165) is 31.3 Å². The SMILES string of the molecule is CO[C@H]1C[C@@H]2OC[C@@]23C(=CC[C@@H]2[C@H]4CC[C@H](O)[C@@]4(C)CC[C@H]23)C1(C)C. The summed E-state index contributed by atoms with van der Waals surface area (Å²) < 4.78 is 12.0. The number of allylic oxidation sites excluding steroid dienone is 1. The van der Waals surface area contributed by atoms with E-state index in [4.69, 9.17) is 9.47 Å². The minimum atomic E-state index is -0.0876. The fraction of sp³-hybridized carbons (Fsp3) is 0.909. The van der Waals surface area contributed by atoms with Crippen molar-refractivity contribution in [3.8, 4) is 0 Å². The Bertz CT molecular complexity index is 610. The summed E-state index contributed by atoms with van der Waals surface area (Å²) in [6, 6.07) is 0. The van der Waals surface area contributed by atoms with Gasteiger partial charge >= 0.3 is 0 Å². The second-order valence-electron chi connectivity index (χ2n) is 10.4. The molecule has 1 aliphatic heterocycles. The van der Waals surface area contributed by atoms with Crippen molar-refractivity contribution in [1.29, 1.82) is 0 Å². The van der Waals surface area contributed by atoms with Gasteiger partial charge in [-0.1, -0.05) is 32.4 Å². The molecule has 1 spiro atoms. The average molecular weight is 347 g/mol. The first-order valence-electron chi connectivity index (χ1n) is 10.4. The fourth-order valence-corrected chi connectivity index (χ4v) is 8.04. The quantitative estimate of drug-likeness (QED) is 0.731. The van der Waals surface area contributed by atoms with Gasteiger partial charge in [0.25, 0.3) is 0 Å². The zero-order valence-corrected chi connectivity index (χ0v) is 16.3. The lowest BCUT2D eigenvalue weighted by molar-refractivity contribution is -0.261. The molecule has 5 rings (SSSR count). The van der Waals surface area contributed by atoms with Crippen LogP contribution in [-0.4, -0.2) is 37.1 Å². The summed E-state index contributed by atoms with van der Waals surface area (Å²) in [5.74, 6) is 2.17. The smallest absolute Gasteiger partial charge is 0.0719 e. The van der Waals surface area contributed by atoms with Crippen molar-refractivity contribution in [3.05, 3.63) is 11.6 Å². The number of hydrogen-bond donors (Lipinski definition) is 1. The Morgan fingerprint density at radius 2 is 1.96 bits per heavy atom. The van der Waals surface area contributed by atoms with Crippen molar-refractivity contribution in [1.82, 2.24) is 0 Å². The van der Waals surface area contributed by atoms with Crippen LogP contribution < -0.4 is 0 Å². The number of aliphatic hydroxyl groups is 1. The molecule has 3 heteroatoms. The van der Waals surface area contributed by atoms with Gasteiger partial charge in [-0.2, -0.15) is 0 Å². The largest absolute Gasteiger partial charge is 0.393 e. The van der Waals surface area contributed by atoms with E-state index in [0.29, 0.717) is 12.0 Å². The maximum atomic E-state index is 10.6. The van der Waals surface area contributed by atoms with E-state index < -0.39 is 0 Å². The van der Waals surface area contributed by atoms with E-state index in [1.807, 2.05) is 7.11 Å². The molecule has 8 atom stereocenters. The van der Waals surface area contributed by atoms with E-state index in [2.05, 4.69) is 26.8 Å².